The van der Waals surface area contributed by atoms with Crippen molar-refractivity contribution in [3.8, 4) is 0 Å². The van der Waals surface area contributed by atoms with E-state index in [2.05, 4.69) is 15.7 Å². The smallest absolute Gasteiger partial charge is 0.257 e. The third-order valence-corrected chi connectivity index (χ3v) is 6.90. The number of carbonyl (C=O) groups excluding carboxylic acids is 2. The topological polar surface area (TPSA) is 76.0 Å². The molecule has 3 aromatic rings. The molecular formula is C23H23FN4O2S2. The number of fused-ring (bicyclic) bond motifs is 1. The van der Waals surface area contributed by atoms with Gasteiger partial charge in [0.1, 0.15) is 18.2 Å². The van der Waals surface area contributed by atoms with Crippen molar-refractivity contribution < 1.29 is 14.0 Å². The Hall–Kier alpha value is -2.78. The number of aromatic nitrogens is 2. The van der Waals surface area contributed by atoms with Gasteiger partial charge in [-0.15, -0.1) is 11.8 Å². The summed E-state index contributed by atoms with van der Waals surface area (Å²) in [5.41, 5.74) is 3.27. The molecule has 6 nitrogen and oxygen atoms in total. The second-order valence-corrected chi connectivity index (χ2v) is 9.50. The lowest BCUT2D eigenvalue weighted by molar-refractivity contribution is -0.122. The van der Waals surface area contributed by atoms with Gasteiger partial charge in [-0.1, -0.05) is 31.2 Å². The Morgan fingerprint density at radius 3 is 2.72 bits per heavy atom. The first kappa shape index (κ1) is 22.4. The zero-order chi connectivity index (χ0) is 22.5. The van der Waals surface area contributed by atoms with Crippen LogP contribution >= 0.6 is 23.5 Å². The van der Waals surface area contributed by atoms with Crippen LogP contribution in [0.15, 0.2) is 53.4 Å². The van der Waals surface area contributed by atoms with Crippen LogP contribution in [0.2, 0.25) is 0 Å². The second kappa shape index (κ2) is 10.2. The van der Waals surface area contributed by atoms with E-state index in [0.717, 1.165) is 39.0 Å². The van der Waals surface area contributed by atoms with Crippen molar-refractivity contribution in [1.29, 1.82) is 0 Å². The minimum absolute atomic E-state index is 0.0141. The molecule has 0 fully saturated rings. The third-order valence-electron chi connectivity index (χ3n) is 4.98. The van der Waals surface area contributed by atoms with E-state index < -0.39 is 0 Å². The molecule has 0 aliphatic carbocycles. The van der Waals surface area contributed by atoms with Crippen molar-refractivity contribution in [3.05, 3.63) is 76.7 Å². The largest absolute Gasteiger partial charge is 0.350 e. The lowest BCUT2D eigenvalue weighted by Crippen LogP contribution is -2.29. The Balaban J connectivity index is 1.49. The number of benzene rings is 2. The standard InChI is InChI=1S/C23H23FN4O2S2/c1-2-32-20-6-4-3-5-17(20)23(30)26-22-18-13-31-14-19(18)27-28(22)12-21(29)25-11-15-7-9-16(24)10-8-15/h3-10H,2,11-14H2,1H3,(H,25,29)(H,26,30). The number of rotatable bonds is 8. The van der Waals surface area contributed by atoms with Crippen LogP contribution in [0.5, 0.6) is 0 Å². The molecule has 0 bridgehead atoms. The fourth-order valence-corrected chi connectivity index (χ4v) is 5.26. The van der Waals surface area contributed by atoms with Crippen LogP contribution < -0.4 is 10.6 Å². The minimum Gasteiger partial charge on any atom is -0.350 e. The van der Waals surface area contributed by atoms with Crippen LogP contribution in [0.25, 0.3) is 0 Å². The van der Waals surface area contributed by atoms with Crippen LogP contribution in [-0.4, -0.2) is 27.3 Å². The average molecular weight is 471 g/mol. The molecule has 1 aliphatic heterocycles. The highest BCUT2D eigenvalue weighted by molar-refractivity contribution is 7.99. The molecule has 1 aromatic heterocycles. The van der Waals surface area contributed by atoms with E-state index in [1.54, 1.807) is 46.4 Å². The monoisotopic (exact) mass is 470 g/mol. The maximum absolute atomic E-state index is 13.1. The molecule has 0 saturated carbocycles. The number of hydrogen-bond donors (Lipinski definition) is 2. The highest BCUT2D eigenvalue weighted by Crippen LogP contribution is 2.35. The molecule has 4 rings (SSSR count). The Labute approximate surface area is 194 Å². The van der Waals surface area contributed by atoms with Crippen LogP contribution in [0, 0.1) is 5.82 Å². The highest BCUT2D eigenvalue weighted by Gasteiger charge is 2.25. The summed E-state index contributed by atoms with van der Waals surface area (Å²) in [6.07, 6.45) is 0. The van der Waals surface area contributed by atoms with Crippen molar-refractivity contribution in [2.75, 3.05) is 11.1 Å². The van der Waals surface area contributed by atoms with Gasteiger partial charge in [0, 0.05) is 28.5 Å². The molecule has 9 heteroatoms. The number of nitrogens with zero attached hydrogens (tertiary/aromatic N) is 2. The molecule has 0 unspecified atom stereocenters. The fourth-order valence-electron chi connectivity index (χ4n) is 3.43. The first-order valence-corrected chi connectivity index (χ1v) is 12.4. The molecule has 0 atom stereocenters. The molecule has 2 aromatic carbocycles. The van der Waals surface area contributed by atoms with Gasteiger partial charge in [-0.2, -0.15) is 16.9 Å². The molecule has 32 heavy (non-hydrogen) atoms. The number of carbonyl (C=O) groups is 2. The molecule has 1 aliphatic rings. The van der Waals surface area contributed by atoms with Gasteiger partial charge in [0.25, 0.3) is 5.91 Å². The van der Waals surface area contributed by atoms with Crippen molar-refractivity contribution in [2.45, 2.75) is 36.4 Å². The predicted molar refractivity (Wildman–Crippen MR) is 126 cm³/mol. The number of nitrogens with one attached hydrogen (secondary N) is 2. The Morgan fingerprint density at radius 2 is 1.94 bits per heavy atom. The molecule has 2 N–H and O–H groups in total. The van der Waals surface area contributed by atoms with E-state index in [4.69, 9.17) is 0 Å². The summed E-state index contributed by atoms with van der Waals surface area (Å²) in [5.74, 6) is 2.17. The maximum atomic E-state index is 13.1. The van der Waals surface area contributed by atoms with Gasteiger partial charge in [0.15, 0.2) is 0 Å². The first-order valence-electron chi connectivity index (χ1n) is 10.3. The molecule has 0 radical (unpaired) electrons. The molecule has 166 valence electrons. The van der Waals surface area contributed by atoms with Gasteiger partial charge in [-0.05, 0) is 35.6 Å². The fraction of sp³-hybridized carbons (Fsp3) is 0.261. The van der Waals surface area contributed by atoms with Crippen molar-refractivity contribution in [1.82, 2.24) is 15.1 Å². The number of thioether (sulfide) groups is 2. The normalized spacial score (nSPS) is 12.4. The van der Waals surface area contributed by atoms with E-state index in [9.17, 15) is 14.0 Å². The second-order valence-electron chi connectivity index (χ2n) is 7.21. The maximum Gasteiger partial charge on any atom is 0.257 e. The summed E-state index contributed by atoms with van der Waals surface area (Å²) in [6.45, 7) is 2.32. The van der Waals surface area contributed by atoms with Gasteiger partial charge < -0.3 is 10.6 Å². The predicted octanol–water partition coefficient (Wildman–Crippen LogP) is 4.45. The third kappa shape index (κ3) is 5.16. The SMILES string of the molecule is CCSc1ccccc1C(=O)Nc1c2c(nn1CC(=O)NCc1ccc(F)cc1)CSC2. The summed E-state index contributed by atoms with van der Waals surface area (Å²) in [7, 11) is 0. The van der Waals surface area contributed by atoms with E-state index in [-0.39, 0.29) is 24.2 Å². The molecule has 0 saturated heterocycles. The Kier molecular flexibility index (Phi) is 7.16. The summed E-state index contributed by atoms with van der Waals surface area (Å²) >= 11 is 3.35. The molecule has 2 amide bonds. The first-order chi connectivity index (χ1) is 15.5. The highest BCUT2D eigenvalue weighted by atomic mass is 32.2. The zero-order valence-electron chi connectivity index (χ0n) is 17.6. The van der Waals surface area contributed by atoms with Gasteiger partial charge >= 0.3 is 0 Å². The van der Waals surface area contributed by atoms with Gasteiger partial charge in [0.05, 0.1) is 11.3 Å². The summed E-state index contributed by atoms with van der Waals surface area (Å²) in [4.78, 5) is 26.6. The number of hydrogen-bond acceptors (Lipinski definition) is 5. The molecule has 0 spiro atoms. The molecule has 2 heterocycles. The van der Waals surface area contributed by atoms with Crippen LogP contribution in [0.4, 0.5) is 10.2 Å². The zero-order valence-corrected chi connectivity index (χ0v) is 19.2. The van der Waals surface area contributed by atoms with Gasteiger partial charge in [-0.25, -0.2) is 9.07 Å². The summed E-state index contributed by atoms with van der Waals surface area (Å²) < 4.78 is 14.6. The minimum atomic E-state index is -0.316. The summed E-state index contributed by atoms with van der Waals surface area (Å²) in [5, 5.41) is 10.4. The Morgan fingerprint density at radius 1 is 1.16 bits per heavy atom. The van der Waals surface area contributed by atoms with E-state index >= 15 is 0 Å². The lowest BCUT2D eigenvalue weighted by Gasteiger charge is -2.13. The van der Waals surface area contributed by atoms with Crippen molar-refractivity contribution >= 4 is 41.2 Å². The number of amides is 2. The number of halogens is 1. The summed E-state index contributed by atoms with van der Waals surface area (Å²) in [6, 6.07) is 13.5. The molecular weight excluding hydrogens is 447 g/mol. The van der Waals surface area contributed by atoms with E-state index in [0.29, 0.717) is 17.9 Å². The average Bonchev–Trinajstić information content (AvgIpc) is 3.36. The van der Waals surface area contributed by atoms with Gasteiger partial charge in [-0.3, -0.25) is 9.59 Å². The quantitative estimate of drug-likeness (QED) is 0.476. The number of anilines is 1. The van der Waals surface area contributed by atoms with Crippen LogP contribution in [-0.2, 0) is 29.4 Å². The van der Waals surface area contributed by atoms with Crippen LogP contribution in [0.3, 0.4) is 0 Å². The van der Waals surface area contributed by atoms with Crippen LogP contribution in [0.1, 0.15) is 34.1 Å². The van der Waals surface area contributed by atoms with Crippen molar-refractivity contribution in [2.24, 2.45) is 0 Å². The van der Waals surface area contributed by atoms with E-state index in [1.165, 1.54) is 12.1 Å². The van der Waals surface area contributed by atoms with E-state index in [1.807, 2.05) is 25.1 Å². The lowest BCUT2D eigenvalue weighted by atomic mass is 10.2. The van der Waals surface area contributed by atoms with Crippen molar-refractivity contribution in [3.63, 3.8) is 0 Å². The van der Waals surface area contributed by atoms with Gasteiger partial charge in [0.2, 0.25) is 5.91 Å². The Bertz CT molecular complexity index is 1130.